The van der Waals surface area contributed by atoms with Crippen molar-refractivity contribution >= 4 is 38.7 Å². The minimum absolute atomic E-state index is 0.0696. The molecule has 24 heavy (non-hydrogen) atoms. The van der Waals surface area contributed by atoms with Crippen LogP contribution >= 0.6 is 15.9 Å². The fourth-order valence-electron chi connectivity index (χ4n) is 1.77. The number of hydrogen-bond acceptors (Lipinski definition) is 8. The predicted molar refractivity (Wildman–Crippen MR) is 85.0 cm³/mol. The molecule has 0 saturated carbocycles. The van der Waals surface area contributed by atoms with Crippen LogP contribution in [0.15, 0.2) is 34.8 Å². The molecule has 0 amide bonds. The summed E-state index contributed by atoms with van der Waals surface area (Å²) in [5.74, 6) is -0.829. The van der Waals surface area contributed by atoms with Crippen LogP contribution in [0.25, 0.3) is 0 Å². The summed E-state index contributed by atoms with van der Waals surface area (Å²) in [6.45, 7) is 0. The number of anilines is 1. The van der Waals surface area contributed by atoms with Crippen molar-refractivity contribution in [2.75, 3.05) is 5.73 Å². The van der Waals surface area contributed by atoms with Crippen molar-refractivity contribution < 1.29 is 19.5 Å². The average molecular weight is 399 g/mol. The SMILES string of the molecule is Nc1ccc(Br)cc1Oc1c([N+](=O)[O-])cc([N+](=O)[O-])cc1[N+](=O)[O-]. The van der Waals surface area contributed by atoms with E-state index in [2.05, 4.69) is 15.9 Å². The van der Waals surface area contributed by atoms with E-state index in [0.717, 1.165) is 0 Å². The molecule has 0 aliphatic carbocycles. The Kier molecular flexibility index (Phi) is 4.59. The number of benzene rings is 2. The van der Waals surface area contributed by atoms with Gasteiger partial charge in [-0.3, -0.25) is 30.3 Å². The Balaban J connectivity index is 2.70. The van der Waals surface area contributed by atoms with E-state index in [1.165, 1.54) is 12.1 Å². The number of halogens is 1. The molecule has 124 valence electrons. The van der Waals surface area contributed by atoms with Gasteiger partial charge < -0.3 is 10.5 Å². The maximum absolute atomic E-state index is 11.2. The van der Waals surface area contributed by atoms with Crippen molar-refractivity contribution in [2.45, 2.75) is 0 Å². The van der Waals surface area contributed by atoms with Crippen LogP contribution in [-0.2, 0) is 0 Å². The molecule has 12 heteroatoms. The number of nitrogens with two attached hydrogens (primary N) is 1. The van der Waals surface area contributed by atoms with Crippen molar-refractivity contribution in [2.24, 2.45) is 0 Å². The molecule has 2 aromatic rings. The third-order valence-corrected chi connectivity index (χ3v) is 3.32. The van der Waals surface area contributed by atoms with Crippen molar-refractivity contribution in [1.82, 2.24) is 0 Å². The van der Waals surface area contributed by atoms with E-state index in [1.54, 1.807) is 6.07 Å². The Bertz CT molecular complexity index is 835. The molecule has 0 bridgehead atoms. The normalized spacial score (nSPS) is 10.2. The molecule has 0 aliphatic rings. The summed E-state index contributed by atoms with van der Waals surface area (Å²) < 4.78 is 5.76. The zero-order valence-corrected chi connectivity index (χ0v) is 13.1. The molecule has 0 fully saturated rings. The summed E-state index contributed by atoms with van der Waals surface area (Å²) in [5.41, 5.74) is 3.10. The molecule has 0 unspecified atom stereocenters. The summed E-state index contributed by atoms with van der Waals surface area (Å²) in [5, 5.41) is 33.1. The van der Waals surface area contributed by atoms with Gasteiger partial charge in [-0.25, -0.2) is 0 Å². The van der Waals surface area contributed by atoms with Crippen LogP contribution in [0.4, 0.5) is 22.7 Å². The minimum Gasteiger partial charge on any atom is -0.442 e. The highest BCUT2D eigenvalue weighted by Gasteiger charge is 2.33. The molecular weight excluding hydrogens is 392 g/mol. The molecule has 2 aromatic carbocycles. The Hall–Kier alpha value is -3.28. The first-order chi connectivity index (χ1) is 11.2. The number of nitrogen functional groups attached to an aromatic ring is 1. The van der Waals surface area contributed by atoms with Gasteiger partial charge in [0, 0.05) is 4.47 Å². The van der Waals surface area contributed by atoms with Crippen LogP contribution in [0.5, 0.6) is 11.5 Å². The lowest BCUT2D eigenvalue weighted by Gasteiger charge is -2.09. The summed E-state index contributed by atoms with van der Waals surface area (Å²) in [4.78, 5) is 30.1. The van der Waals surface area contributed by atoms with Crippen LogP contribution in [0.3, 0.4) is 0 Å². The zero-order valence-electron chi connectivity index (χ0n) is 11.5. The van der Waals surface area contributed by atoms with E-state index < -0.39 is 37.6 Å². The fourth-order valence-corrected chi connectivity index (χ4v) is 2.11. The molecule has 0 aromatic heterocycles. The largest absolute Gasteiger partial charge is 0.442 e. The van der Waals surface area contributed by atoms with Crippen LogP contribution in [0.1, 0.15) is 0 Å². The third-order valence-electron chi connectivity index (χ3n) is 2.83. The van der Waals surface area contributed by atoms with Gasteiger partial charge in [-0.05, 0) is 18.2 Å². The Morgan fingerprint density at radius 2 is 1.46 bits per heavy atom. The molecule has 0 aliphatic heterocycles. The van der Waals surface area contributed by atoms with Gasteiger partial charge in [0.15, 0.2) is 5.75 Å². The van der Waals surface area contributed by atoms with Gasteiger partial charge in [0.05, 0.1) is 32.6 Å². The van der Waals surface area contributed by atoms with E-state index in [0.29, 0.717) is 16.6 Å². The molecule has 0 atom stereocenters. The number of ether oxygens (including phenoxy) is 1. The van der Waals surface area contributed by atoms with Crippen LogP contribution < -0.4 is 10.5 Å². The number of nitro groups is 3. The van der Waals surface area contributed by atoms with Gasteiger partial charge in [0.2, 0.25) is 0 Å². The molecular formula is C12H7BrN4O7. The third kappa shape index (κ3) is 3.38. The molecule has 2 rings (SSSR count). The maximum atomic E-state index is 11.2. The lowest BCUT2D eigenvalue weighted by molar-refractivity contribution is -0.404. The second-order valence-electron chi connectivity index (χ2n) is 4.37. The maximum Gasteiger partial charge on any atom is 0.325 e. The first-order valence-electron chi connectivity index (χ1n) is 6.04. The summed E-state index contributed by atoms with van der Waals surface area (Å²) >= 11 is 3.14. The van der Waals surface area contributed by atoms with Crippen LogP contribution in [-0.4, -0.2) is 14.8 Å². The number of hydrogen-bond donors (Lipinski definition) is 1. The van der Waals surface area contributed by atoms with Gasteiger partial charge >= 0.3 is 11.4 Å². The lowest BCUT2D eigenvalue weighted by atomic mass is 10.2. The highest BCUT2D eigenvalue weighted by Crippen LogP contribution is 2.44. The first-order valence-corrected chi connectivity index (χ1v) is 6.84. The molecule has 0 saturated heterocycles. The van der Waals surface area contributed by atoms with E-state index in [-0.39, 0.29) is 11.4 Å². The highest BCUT2D eigenvalue weighted by molar-refractivity contribution is 9.10. The van der Waals surface area contributed by atoms with Crippen LogP contribution in [0, 0.1) is 30.3 Å². The van der Waals surface area contributed by atoms with Gasteiger partial charge in [-0.2, -0.15) is 0 Å². The lowest BCUT2D eigenvalue weighted by Crippen LogP contribution is -2.02. The molecule has 11 nitrogen and oxygen atoms in total. The predicted octanol–water partition coefficient (Wildman–Crippen LogP) is 3.55. The smallest absolute Gasteiger partial charge is 0.325 e. The van der Waals surface area contributed by atoms with E-state index in [4.69, 9.17) is 10.5 Å². The number of non-ortho nitro benzene ring substituents is 1. The topological polar surface area (TPSA) is 165 Å². The number of nitrogens with zero attached hydrogens (tertiary/aromatic N) is 3. The molecule has 0 spiro atoms. The second-order valence-corrected chi connectivity index (χ2v) is 5.28. The molecule has 0 heterocycles. The number of rotatable bonds is 5. The van der Waals surface area contributed by atoms with E-state index >= 15 is 0 Å². The summed E-state index contributed by atoms with van der Waals surface area (Å²) in [6, 6.07) is 5.50. The van der Waals surface area contributed by atoms with Gasteiger partial charge in [-0.1, -0.05) is 15.9 Å². The Morgan fingerprint density at radius 1 is 0.917 bits per heavy atom. The van der Waals surface area contributed by atoms with Crippen molar-refractivity contribution in [3.63, 3.8) is 0 Å². The van der Waals surface area contributed by atoms with Crippen molar-refractivity contribution in [3.05, 3.63) is 65.1 Å². The summed E-state index contributed by atoms with van der Waals surface area (Å²) in [6.07, 6.45) is 0. The average Bonchev–Trinajstić information content (AvgIpc) is 2.50. The Morgan fingerprint density at radius 3 is 1.92 bits per heavy atom. The van der Waals surface area contributed by atoms with Gasteiger partial charge in [0.1, 0.15) is 0 Å². The zero-order chi connectivity index (χ0) is 18.0. The van der Waals surface area contributed by atoms with Crippen LogP contribution in [0.2, 0.25) is 0 Å². The molecule has 2 N–H and O–H groups in total. The Labute approximate surface area is 141 Å². The van der Waals surface area contributed by atoms with E-state index in [9.17, 15) is 30.3 Å². The van der Waals surface area contributed by atoms with Crippen molar-refractivity contribution in [3.8, 4) is 11.5 Å². The standard InChI is InChI=1S/C12H7BrN4O7/c13-6-1-2-8(14)11(3-6)24-12-9(16(20)21)4-7(15(18)19)5-10(12)17(22)23/h1-5H,14H2. The fraction of sp³-hybridized carbons (Fsp3) is 0. The van der Waals surface area contributed by atoms with Crippen molar-refractivity contribution in [1.29, 1.82) is 0 Å². The van der Waals surface area contributed by atoms with Gasteiger partial charge in [-0.15, -0.1) is 0 Å². The van der Waals surface area contributed by atoms with E-state index in [1.807, 2.05) is 0 Å². The summed E-state index contributed by atoms with van der Waals surface area (Å²) in [7, 11) is 0. The highest BCUT2D eigenvalue weighted by atomic mass is 79.9. The van der Waals surface area contributed by atoms with Gasteiger partial charge in [0.25, 0.3) is 11.4 Å². The molecule has 0 radical (unpaired) electrons. The first kappa shape index (κ1) is 17.1. The quantitative estimate of drug-likeness (QED) is 0.453. The monoisotopic (exact) mass is 398 g/mol. The number of nitro benzene ring substituents is 3. The second kappa shape index (κ2) is 6.45. The minimum atomic E-state index is -1.01.